The molecule has 0 bridgehead atoms. The van der Waals surface area contributed by atoms with Crippen LogP contribution in [0.25, 0.3) is 0 Å². The van der Waals surface area contributed by atoms with Crippen LogP contribution in [0.15, 0.2) is 10.5 Å². The molecule has 1 heterocycles. The van der Waals surface area contributed by atoms with Gasteiger partial charge in [-0.1, -0.05) is 11.1 Å². The number of nitrogens with two attached hydrogens (primary N) is 1. The van der Waals surface area contributed by atoms with Crippen LogP contribution in [0.2, 0.25) is 0 Å². The summed E-state index contributed by atoms with van der Waals surface area (Å²) in [5, 5.41) is 5.38. The summed E-state index contributed by atoms with van der Waals surface area (Å²) in [4.78, 5) is 18.9. The van der Waals surface area contributed by atoms with E-state index in [0.29, 0.717) is 10.8 Å². The molecule has 0 saturated heterocycles. The first-order valence-corrected chi connectivity index (χ1v) is 4.39. The Labute approximate surface area is 84.6 Å². The van der Waals surface area contributed by atoms with E-state index in [1.165, 1.54) is 11.3 Å². The van der Waals surface area contributed by atoms with Crippen molar-refractivity contribution in [3.63, 3.8) is 0 Å². The number of terminal acetylenes is 1. The molecular formula is C8H6N3O2S. The largest absolute Gasteiger partial charge is 0.382 e. The molecule has 1 aromatic rings. The van der Waals surface area contributed by atoms with Crippen LogP contribution in [0, 0.1) is 12.3 Å². The van der Waals surface area contributed by atoms with Gasteiger partial charge in [0.2, 0.25) is 0 Å². The molecule has 0 saturated carbocycles. The van der Waals surface area contributed by atoms with E-state index in [9.17, 15) is 4.79 Å². The normalized spacial score (nSPS) is 10.6. The maximum absolute atomic E-state index is 10.4. The van der Waals surface area contributed by atoms with Crippen molar-refractivity contribution < 1.29 is 9.63 Å². The highest BCUT2D eigenvalue weighted by molar-refractivity contribution is 7.13. The number of thiazole rings is 1. The summed E-state index contributed by atoms with van der Waals surface area (Å²) < 4.78 is 0. The molecule has 1 aromatic heterocycles. The lowest BCUT2D eigenvalue weighted by Crippen LogP contribution is -2.04. The second-order valence-corrected chi connectivity index (χ2v) is 2.98. The van der Waals surface area contributed by atoms with E-state index in [0.717, 1.165) is 0 Å². The summed E-state index contributed by atoms with van der Waals surface area (Å²) >= 11 is 1.20. The van der Waals surface area contributed by atoms with E-state index in [-0.39, 0.29) is 12.3 Å². The van der Waals surface area contributed by atoms with E-state index in [1.54, 1.807) is 11.7 Å². The molecule has 0 spiro atoms. The van der Waals surface area contributed by atoms with Crippen molar-refractivity contribution in [2.45, 2.75) is 0 Å². The van der Waals surface area contributed by atoms with Gasteiger partial charge in [0.25, 0.3) is 6.29 Å². The van der Waals surface area contributed by atoms with Crippen molar-refractivity contribution in [1.82, 2.24) is 4.98 Å². The van der Waals surface area contributed by atoms with E-state index >= 15 is 0 Å². The Balaban J connectivity index is 2.77. The predicted molar refractivity (Wildman–Crippen MR) is 53.5 cm³/mol. The lowest BCUT2D eigenvalue weighted by molar-refractivity contribution is 0.180. The first kappa shape index (κ1) is 10.2. The van der Waals surface area contributed by atoms with Crippen LogP contribution >= 0.6 is 11.3 Å². The van der Waals surface area contributed by atoms with Crippen molar-refractivity contribution in [1.29, 1.82) is 0 Å². The maximum Gasteiger partial charge on any atom is 0.259 e. The van der Waals surface area contributed by atoms with Crippen molar-refractivity contribution in [2.75, 3.05) is 12.3 Å². The van der Waals surface area contributed by atoms with Crippen LogP contribution in [0.5, 0.6) is 0 Å². The molecule has 0 aromatic carbocycles. The molecule has 1 radical (unpaired) electrons. The zero-order valence-corrected chi connectivity index (χ0v) is 7.87. The van der Waals surface area contributed by atoms with Gasteiger partial charge in [-0.25, -0.2) is 4.98 Å². The lowest BCUT2D eigenvalue weighted by atomic mass is 10.3. The van der Waals surface area contributed by atoms with E-state index < -0.39 is 0 Å². The molecule has 0 atom stereocenters. The number of oxime groups is 1. The van der Waals surface area contributed by atoms with E-state index in [2.05, 4.69) is 20.9 Å². The molecule has 0 aliphatic carbocycles. The average Bonchev–Trinajstić information content (AvgIpc) is 2.60. The number of carbonyl (C=O) groups excluding carboxylic acids is 1. The van der Waals surface area contributed by atoms with Crippen LogP contribution in [0.3, 0.4) is 0 Å². The molecule has 14 heavy (non-hydrogen) atoms. The number of hydrogen-bond donors (Lipinski definition) is 1. The van der Waals surface area contributed by atoms with Gasteiger partial charge < -0.3 is 10.6 Å². The van der Waals surface area contributed by atoms with Crippen LogP contribution in [0.4, 0.5) is 5.13 Å². The molecule has 0 amide bonds. The number of aromatic nitrogens is 1. The van der Waals surface area contributed by atoms with Crippen LogP contribution in [0.1, 0.15) is 5.69 Å². The highest BCUT2D eigenvalue weighted by Crippen LogP contribution is 2.11. The summed E-state index contributed by atoms with van der Waals surface area (Å²) in [6, 6.07) is 0. The summed E-state index contributed by atoms with van der Waals surface area (Å²) in [7, 11) is 0. The monoisotopic (exact) mass is 208 g/mol. The molecule has 0 fully saturated rings. The second-order valence-electron chi connectivity index (χ2n) is 2.09. The zero-order valence-electron chi connectivity index (χ0n) is 7.06. The van der Waals surface area contributed by atoms with Crippen LogP contribution in [-0.4, -0.2) is 23.6 Å². The minimum atomic E-state index is -0.0480. The van der Waals surface area contributed by atoms with Gasteiger partial charge in [0.05, 0.1) is 0 Å². The van der Waals surface area contributed by atoms with Crippen LogP contribution in [-0.2, 0) is 9.63 Å². The quantitative estimate of drug-likeness (QED) is 0.331. The minimum absolute atomic E-state index is 0.00913. The summed E-state index contributed by atoms with van der Waals surface area (Å²) in [6.45, 7) is -0.00913. The number of nitrogens with zero attached hydrogens (tertiary/aromatic N) is 2. The van der Waals surface area contributed by atoms with Gasteiger partial charge in [-0.3, -0.25) is 4.79 Å². The number of nitrogen functional groups attached to an aromatic ring is 1. The van der Waals surface area contributed by atoms with Gasteiger partial charge in [-0.15, -0.1) is 17.8 Å². The first-order valence-electron chi connectivity index (χ1n) is 3.51. The Kier molecular flexibility index (Phi) is 3.64. The fourth-order valence-corrected chi connectivity index (χ4v) is 1.20. The summed E-state index contributed by atoms with van der Waals surface area (Å²) in [6.07, 6.45) is 6.51. The van der Waals surface area contributed by atoms with Crippen molar-refractivity contribution in [3.05, 3.63) is 11.1 Å². The summed E-state index contributed by atoms with van der Waals surface area (Å²) in [5.41, 5.74) is 5.66. The van der Waals surface area contributed by atoms with Gasteiger partial charge in [-0.2, -0.15) is 0 Å². The molecule has 0 aliphatic rings. The standard InChI is InChI=1S/C8H6N3O2S/c1-2-3-13-11-6(4-12)7-5-14-8(9)10-7/h1,5H,3H2,(H2,9,10)/b11-6+. The fraction of sp³-hybridized carbons (Fsp3) is 0.125. The Morgan fingerprint density at radius 1 is 1.86 bits per heavy atom. The average molecular weight is 208 g/mol. The Hall–Kier alpha value is -1.87. The van der Waals surface area contributed by atoms with Gasteiger partial charge in [-0.05, 0) is 0 Å². The fourth-order valence-electron chi connectivity index (χ4n) is 0.648. The molecule has 6 heteroatoms. The van der Waals surface area contributed by atoms with Gasteiger partial charge in [0.15, 0.2) is 17.5 Å². The van der Waals surface area contributed by atoms with Gasteiger partial charge >= 0.3 is 0 Å². The topological polar surface area (TPSA) is 77.6 Å². The number of rotatable bonds is 4. The van der Waals surface area contributed by atoms with Crippen LogP contribution < -0.4 is 5.73 Å². The minimum Gasteiger partial charge on any atom is -0.382 e. The van der Waals surface area contributed by atoms with E-state index in [1.807, 2.05) is 0 Å². The third-order valence-corrected chi connectivity index (χ3v) is 1.84. The first-order chi connectivity index (χ1) is 6.77. The molecule has 0 unspecified atom stereocenters. The lowest BCUT2D eigenvalue weighted by Gasteiger charge is -1.92. The van der Waals surface area contributed by atoms with Crippen molar-refractivity contribution in [2.24, 2.45) is 5.16 Å². The third-order valence-electron chi connectivity index (χ3n) is 1.16. The SMILES string of the molecule is C#CCO/N=C(\[C]=O)c1csc(N)n1. The predicted octanol–water partition coefficient (Wildman–Crippen LogP) is 0.189. The Bertz CT molecular complexity index is 392. The molecule has 71 valence electrons. The highest BCUT2D eigenvalue weighted by atomic mass is 32.1. The van der Waals surface area contributed by atoms with Crippen molar-refractivity contribution in [3.8, 4) is 12.3 Å². The second kappa shape index (κ2) is 4.99. The molecule has 2 N–H and O–H groups in total. The highest BCUT2D eigenvalue weighted by Gasteiger charge is 2.08. The molecule has 0 aliphatic heterocycles. The van der Waals surface area contributed by atoms with E-state index in [4.69, 9.17) is 12.2 Å². The molecular weight excluding hydrogens is 202 g/mol. The van der Waals surface area contributed by atoms with Gasteiger partial charge in [0, 0.05) is 5.38 Å². The van der Waals surface area contributed by atoms with Crippen molar-refractivity contribution >= 4 is 28.5 Å². The number of hydrogen-bond acceptors (Lipinski definition) is 6. The zero-order chi connectivity index (χ0) is 10.4. The third kappa shape index (κ3) is 2.57. The maximum atomic E-state index is 10.4. The Morgan fingerprint density at radius 2 is 2.64 bits per heavy atom. The van der Waals surface area contributed by atoms with Gasteiger partial charge in [0.1, 0.15) is 5.69 Å². The molecule has 5 nitrogen and oxygen atoms in total. The number of anilines is 1. The summed E-state index contributed by atoms with van der Waals surface area (Å²) in [5.74, 6) is 2.20. The Morgan fingerprint density at radius 3 is 3.14 bits per heavy atom. The smallest absolute Gasteiger partial charge is 0.259 e. The molecule has 1 rings (SSSR count).